The monoisotopic (exact) mass is 342 g/mol. The minimum Gasteiger partial charge on any atom is -0.497 e. The lowest BCUT2D eigenvalue weighted by molar-refractivity contribution is 0.0919. The summed E-state index contributed by atoms with van der Waals surface area (Å²) in [5, 5.41) is 0. The zero-order valence-electron chi connectivity index (χ0n) is 13.9. The molecule has 2 aromatic rings. The van der Waals surface area contributed by atoms with Crippen LogP contribution >= 0.6 is 11.8 Å². The van der Waals surface area contributed by atoms with Crippen LogP contribution in [0.3, 0.4) is 0 Å². The number of likely N-dealkylation sites (tertiary alicyclic amines) is 1. The van der Waals surface area contributed by atoms with Crippen LogP contribution in [0.1, 0.15) is 12.0 Å². The SMILES string of the molecule is COc1cccc(CN2CC3(C[C@H](Oc4cccnc4)CS3)C2)c1. The largest absolute Gasteiger partial charge is 0.497 e. The van der Waals surface area contributed by atoms with Gasteiger partial charge in [-0.05, 0) is 29.8 Å². The van der Waals surface area contributed by atoms with Crippen molar-refractivity contribution in [2.24, 2.45) is 0 Å². The lowest BCUT2D eigenvalue weighted by Gasteiger charge is -2.47. The van der Waals surface area contributed by atoms with Crippen molar-refractivity contribution in [3.05, 3.63) is 54.4 Å². The molecular weight excluding hydrogens is 320 g/mol. The van der Waals surface area contributed by atoms with Crippen molar-refractivity contribution in [2.45, 2.75) is 23.8 Å². The lowest BCUT2D eigenvalue weighted by atomic mass is 9.92. The smallest absolute Gasteiger partial charge is 0.138 e. The molecule has 0 amide bonds. The molecule has 1 aromatic heterocycles. The van der Waals surface area contributed by atoms with Gasteiger partial charge in [0.25, 0.3) is 0 Å². The Hall–Kier alpha value is -1.72. The highest BCUT2D eigenvalue weighted by atomic mass is 32.2. The van der Waals surface area contributed by atoms with Gasteiger partial charge >= 0.3 is 0 Å². The zero-order valence-corrected chi connectivity index (χ0v) is 14.7. The van der Waals surface area contributed by atoms with Gasteiger partial charge in [0.05, 0.1) is 13.3 Å². The molecule has 3 heterocycles. The summed E-state index contributed by atoms with van der Waals surface area (Å²) in [6.07, 6.45) is 5.01. The molecule has 5 heteroatoms. The molecule has 0 unspecified atom stereocenters. The van der Waals surface area contributed by atoms with E-state index in [9.17, 15) is 0 Å². The van der Waals surface area contributed by atoms with E-state index in [-0.39, 0.29) is 0 Å². The number of hydrogen-bond acceptors (Lipinski definition) is 5. The van der Waals surface area contributed by atoms with Gasteiger partial charge < -0.3 is 9.47 Å². The number of ether oxygens (including phenoxy) is 2. The van der Waals surface area contributed by atoms with E-state index < -0.39 is 0 Å². The topological polar surface area (TPSA) is 34.6 Å². The van der Waals surface area contributed by atoms with Crippen LogP contribution in [-0.2, 0) is 6.54 Å². The number of methoxy groups -OCH3 is 1. The van der Waals surface area contributed by atoms with Crippen LogP contribution in [0.2, 0.25) is 0 Å². The predicted octanol–water partition coefficient (Wildman–Crippen LogP) is 3.23. The van der Waals surface area contributed by atoms with Gasteiger partial charge in [-0.25, -0.2) is 0 Å². The lowest BCUT2D eigenvalue weighted by Crippen LogP contribution is -2.58. The van der Waals surface area contributed by atoms with Gasteiger partial charge in [0, 0.05) is 42.8 Å². The predicted molar refractivity (Wildman–Crippen MR) is 96.7 cm³/mol. The molecule has 0 aliphatic carbocycles. The fourth-order valence-electron chi connectivity index (χ4n) is 3.62. The van der Waals surface area contributed by atoms with Crippen molar-refractivity contribution in [1.82, 2.24) is 9.88 Å². The number of thioether (sulfide) groups is 1. The van der Waals surface area contributed by atoms with Crippen LogP contribution in [0.4, 0.5) is 0 Å². The number of pyridine rings is 1. The Morgan fingerprint density at radius 3 is 2.92 bits per heavy atom. The van der Waals surface area contributed by atoms with Crippen molar-refractivity contribution in [3.8, 4) is 11.5 Å². The number of nitrogens with zero attached hydrogens (tertiary/aromatic N) is 2. The Bertz CT molecular complexity index is 689. The fourth-order valence-corrected chi connectivity index (χ4v) is 5.19. The minimum atomic E-state index is 0.304. The van der Waals surface area contributed by atoms with Crippen LogP contribution in [0.15, 0.2) is 48.8 Å². The van der Waals surface area contributed by atoms with Gasteiger partial charge in [-0.1, -0.05) is 12.1 Å². The first-order valence-corrected chi connectivity index (χ1v) is 9.29. The summed E-state index contributed by atoms with van der Waals surface area (Å²) in [5.74, 6) is 2.89. The molecule has 1 spiro atoms. The quantitative estimate of drug-likeness (QED) is 0.833. The van der Waals surface area contributed by atoms with Gasteiger partial charge in [-0.2, -0.15) is 0 Å². The Morgan fingerprint density at radius 1 is 1.25 bits per heavy atom. The maximum absolute atomic E-state index is 6.07. The van der Waals surface area contributed by atoms with Crippen molar-refractivity contribution in [2.75, 3.05) is 26.0 Å². The molecule has 1 atom stereocenters. The molecule has 1 aromatic carbocycles. The fraction of sp³-hybridized carbons (Fsp3) is 0.421. The van der Waals surface area contributed by atoms with Crippen molar-refractivity contribution < 1.29 is 9.47 Å². The van der Waals surface area contributed by atoms with E-state index in [4.69, 9.17) is 9.47 Å². The summed E-state index contributed by atoms with van der Waals surface area (Å²) in [6, 6.07) is 12.3. The van der Waals surface area contributed by atoms with Gasteiger partial charge in [0.2, 0.25) is 0 Å². The third-order valence-electron chi connectivity index (χ3n) is 4.68. The summed E-state index contributed by atoms with van der Waals surface area (Å²) >= 11 is 2.07. The molecule has 2 fully saturated rings. The summed E-state index contributed by atoms with van der Waals surface area (Å²) in [4.78, 5) is 6.63. The van der Waals surface area contributed by atoms with Crippen LogP contribution in [0.5, 0.6) is 11.5 Å². The van der Waals surface area contributed by atoms with Crippen molar-refractivity contribution in [1.29, 1.82) is 0 Å². The average Bonchev–Trinajstić information content (AvgIpc) is 2.99. The summed E-state index contributed by atoms with van der Waals surface area (Å²) < 4.78 is 11.8. The van der Waals surface area contributed by atoms with E-state index in [2.05, 4.69) is 39.8 Å². The molecular formula is C19H22N2O2S. The molecule has 4 nitrogen and oxygen atoms in total. The maximum Gasteiger partial charge on any atom is 0.138 e. The molecule has 4 rings (SSSR count). The zero-order chi connectivity index (χ0) is 16.4. The second kappa shape index (κ2) is 6.65. The van der Waals surface area contributed by atoms with Crippen LogP contribution in [0, 0.1) is 0 Å². The molecule has 0 bridgehead atoms. The Kier molecular flexibility index (Phi) is 4.37. The first-order chi connectivity index (χ1) is 11.7. The summed E-state index contributed by atoms with van der Waals surface area (Å²) in [7, 11) is 1.72. The van der Waals surface area contributed by atoms with E-state index in [0.717, 1.165) is 43.3 Å². The number of aromatic nitrogens is 1. The van der Waals surface area contributed by atoms with Gasteiger partial charge in [-0.3, -0.25) is 9.88 Å². The average molecular weight is 342 g/mol. The third-order valence-corrected chi connectivity index (χ3v) is 6.25. The normalized spacial score (nSPS) is 22.3. The first-order valence-electron chi connectivity index (χ1n) is 8.31. The van der Waals surface area contributed by atoms with Crippen LogP contribution in [0.25, 0.3) is 0 Å². The maximum atomic E-state index is 6.07. The molecule has 2 aliphatic heterocycles. The highest BCUT2D eigenvalue weighted by molar-refractivity contribution is 8.01. The summed E-state index contributed by atoms with van der Waals surface area (Å²) in [5.41, 5.74) is 1.32. The molecule has 2 saturated heterocycles. The molecule has 0 saturated carbocycles. The number of hydrogen-bond donors (Lipinski definition) is 0. The third kappa shape index (κ3) is 3.37. The second-order valence-electron chi connectivity index (χ2n) is 6.62. The van der Waals surface area contributed by atoms with Gasteiger partial charge in [-0.15, -0.1) is 11.8 Å². The van der Waals surface area contributed by atoms with E-state index >= 15 is 0 Å². The summed E-state index contributed by atoms with van der Waals surface area (Å²) in [6.45, 7) is 3.27. The van der Waals surface area contributed by atoms with E-state index in [1.165, 1.54) is 5.56 Å². The first kappa shape index (κ1) is 15.8. The minimum absolute atomic E-state index is 0.304. The number of benzene rings is 1. The van der Waals surface area contributed by atoms with Crippen molar-refractivity contribution >= 4 is 11.8 Å². The standard InChI is InChI=1S/C19H22N2O2S/c1-22-16-5-2-4-15(8-16)11-21-13-19(14-21)9-18(12-24-19)23-17-6-3-7-20-10-17/h2-8,10,18H,9,11-14H2,1H3/t18-/m0/s1. The molecule has 126 valence electrons. The Labute approximate surface area is 147 Å². The van der Waals surface area contributed by atoms with Crippen LogP contribution in [-0.4, -0.2) is 46.7 Å². The molecule has 2 aliphatic rings. The van der Waals surface area contributed by atoms with E-state index in [0.29, 0.717) is 10.9 Å². The molecule has 24 heavy (non-hydrogen) atoms. The van der Waals surface area contributed by atoms with Gasteiger partial charge in [0.1, 0.15) is 17.6 Å². The van der Waals surface area contributed by atoms with Crippen molar-refractivity contribution in [3.63, 3.8) is 0 Å². The van der Waals surface area contributed by atoms with E-state index in [1.807, 2.05) is 18.2 Å². The Morgan fingerprint density at radius 2 is 2.12 bits per heavy atom. The Balaban J connectivity index is 1.29. The van der Waals surface area contributed by atoms with E-state index in [1.54, 1.807) is 19.5 Å². The molecule has 0 radical (unpaired) electrons. The molecule has 0 N–H and O–H groups in total. The van der Waals surface area contributed by atoms with Crippen LogP contribution < -0.4 is 9.47 Å². The number of rotatable bonds is 5. The van der Waals surface area contributed by atoms with Gasteiger partial charge in [0.15, 0.2) is 0 Å². The highest BCUT2D eigenvalue weighted by Crippen LogP contribution is 2.46. The highest BCUT2D eigenvalue weighted by Gasteiger charge is 2.49. The second-order valence-corrected chi connectivity index (χ2v) is 8.11.